The maximum Gasteiger partial charge on any atom is 0.141 e. The zero-order valence-corrected chi connectivity index (χ0v) is 12.0. The average molecular weight is 294 g/mol. The maximum absolute atomic E-state index is 13.1. The molecule has 2 N–H and O–H groups in total. The summed E-state index contributed by atoms with van der Waals surface area (Å²) in [6.07, 6.45) is 1.62. The van der Waals surface area contributed by atoms with Crippen LogP contribution in [0.15, 0.2) is 42.5 Å². The minimum atomic E-state index is -0.419. The molecule has 0 saturated heterocycles. The maximum atomic E-state index is 13.1. The summed E-state index contributed by atoms with van der Waals surface area (Å²) in [5.41, 5.74) is 8.15. The van der Waals surface area contributed by atoms with Gasteiger partial charge in [0.15, 0.2) is 0 Å². The van der Waals surface area contributed by atoms with Crippen molar-refractivity contribution in [3.63, 3.8) is 0 Å². The van der Waals surface area contributed by atoms with Gasteiger partial charge in [-0.1, -0.05) is 29.8 Å². The SMILES string of the molecule is COc1ccc(CCC(N)c2ccc(F)c(Cl)c2)cc1. The number of halogens is 2. The van der Waals surface area contributed by atoms with Crippen LogP contribution in [0.4, 0.5) is 4.39 Å². The largest absolute Gasteiger partial charge is 0.497 e. The minimum absolute atomic E-state index is 0.113. The van der Waals surface area contributed by atoms with Crippen molar-refractivity contribution in [2.24, 2.45) is 5.73 Å². The molecule has 0 aromatic heterocycles. The highest BCUT2D eigenvalue weighted by Crippen LogP contribution is 2.23. The fourth-order valence-electron chi connectivity index (χ4n) is 2.02. The Bertz CT molecular complexity index is 571. The molecule has 1 atom stereocenters. The Morgan fingerprint density at radius 1 is 1.20 bits per heavy atom. The molecule has 2 aromatic rings. The Labute approximate surface area is 123 Å². The van der Waals surface area contributed by atoms with Gasteiger partial charge in [-0.25, -0.2) is 4.39 Å². The van der Waals surface area contributed by atoms with Gasteiger partial charge in [-0.05, 0) is 48.2 Å². The minimum Gasteiger partial charge on any atom is -0.497 e. The van der Waals surface area contributed by atoms with Crippen molar-refractivity contribution in [2.75, 3.05) is 7.11 Å². The third kappa shape index (κ3) is 3.71. The van der Waals surface area contributed by atoms with Crippen molar-refractivity contribution in [3.05, 3.63) is 64.4 Å². The van der Waals surface area contributed by atoms with E-state index in [1.807, 2.05) is 24.3 Å². The second kappa shape index (κ2) is 6.73. The van der Waals surface area contributed by atoms with Crippen LogP contribution in [0, 0.1) is 5.82 Å². The lowest BCUT2D eigenvalue weighted by Crippen LogP contribution is -2.11. The Hall–Kier alpha value is -1.58. The van der Waals surface area contributed by atoms with Crippen molar-refractivity contribution in [1.82, 2.24) is 0 Å². The van der Waals surface area contributed by atoms with Crippen molar-refractivity contribution < 1.29 is 9.13 Å². The van der Waals surface area contributed by atoms with E-state index in [9.17, 15) is 4.39 Å². The molecular formula is C16H17ClFNO. The molecule has 0 saturated carbocycles. The third-order valence-corrected chi connectivity index (χ3v) is 3.56. The molecule has 0 aliphatic rings. The van der Waals surface area contributed by atoms with E-state index in [0.29, 0.717) is 0 Å². The molecule has 2 nitrogen and oxygen atoms in total. The summed E-state index contributed by atoms with van der Waals surface area (Å²) < 4.78 is 18.2. The fourth-order valence-corrected chi connectivity index (χ4v) is 2.21. The normalized spacial score (nSPS) is 12.2. The first-order valence-electron chi connectivity index (χ1n) is 6.43. The summed E-state index contributed by atoms with van der Waals surface area (Å²) in [6, 6.07) is 12.4. The van der Waals surface area contributed by atoms with Crippen molar-refractivity contribution in [3.8, 4) is 5.75 Å². The second-order valence-corrected chi connectivity index (χ2v) is 5.07. The second-order valence-electron chi connectivity index (χ2n) is 4.67. The number of nitrogens with two attached hydrogens (primary N) is 1. The van der Waals surface area contributed by atoms with Crippen LogP contribution in [0.5, 0.6) is 5.75 Å². The lowest BCUT2D eigenvalue weighted by atomic mass is 10.00. The van der Waals surface area contributed by atoms with Gasteiger partial charge < -0.3 is 10.5 Å². The first-order chi connectivity index (χ1) is 9.60. The summed E-state index contributed by atoms with van der Waals surface area (Å²) in [5.74, 6) is 0.418. The molecular weight excluding hydrogens is 277 g/mol. The van der Waals surface area contributed by atoms with Gasteiger partial charge in [0.25, 0.3) is 0 Å². The zero-order valence-electron chi connectivity index (χ0n) is 11.3. The van der Waals surface area contributed by atoms with E-state index in [-0.39, 0.29) is 11.1 Å². The molecule has 0 spiro atoms. The smallest absolute Gasteiger partial charge is 0.141 e. The Kier molecular flexibility index (Phi) is 4.99. The molecule has 1 unspecified atom stereocenters. The van der Waals surface area contributed by atoms with Crippen molar-refractivity contribution >= 4 is 11.6 Å². The van der Waals surface area contributed by atoms with E-state index in [1.165, 1.54) is 11.6 Å². The summed E-state index contributed by atoms with van der Waals surface area (Å²) in [6.45, 7) is 0. The van der Waals surface area contributed by atoms with Crippen LogP contribution < -0.4 is 10.5 Å². The van der Waals surface area contributed by atoms with Gasteiger partial charge in [0.05, 0.1) is 12.1 Å². The number of rotatable bonds is 5. The molecule has 4 heteroatoms. The first-order valence-corrected chi connectivity index (χ1v) is 6.81. The van der Waals surface area contributed by atoms with Gasteiger partial charge in [-0.3, -0.25) is 0 Å². The predicted octanol–water partition coefficient (Wildman–Crippen LogP) is 4.12. The van der Waals surface area contributed by atoms with Gasteiger partial charge in [-0.15, -0.1) is 0 Å². The lowest BCUT2D eigenvalue weighted by Gasteiger charge is -2.13. The van der Waals surface area contributed by atoms with Crippen LogP contribution in [0.1, 0.15) is 23.6 Å². The van der Waals surface area contributed by atoms with E-state index >= 15 is 0 Å². The van der Waals surface area contributed by atoms with Crippen LogP contribution in [0.25, 0.3) is 0 Å². The molecule has 2 rings (SSSR count). The Balaban J connectivity index is 1.96. The summed E-state index contributed by atoms with van der Waals surface area (Å²) in [7, 11) is 1.64. The Morgan fingerprint density at radius 3 is 2.50 bits per heavy atom. The van der Waals surface area contributed by atoms with Crippen LogP contribution in [0.2, 0.25) is 5.02 Å². The van der Waals surface area contributed by atoms with E-state index in [2.05, 4.69) is 0 Å². The number of aryl methyl sites for hydroxylation is 1. The molecule has 0 radical (unpaired) electrons. The molecule has 106 valence electrons. The molecule has 0 aliphatic heterocycles. The quantitative estimate of drug-likeness (QED) is 0.900. The van der Waals surface area contributed by atoms with Gasteiger partial charge in [0.2, 0.25) is 0 Å². The number of ether oxygens (including phenoxy) is 1. The molecule has 2 aromatic carbocycles. The topological polar surface area (TPSA) is 35.2 Å². The van der Waals surface area contributed by atoms with Crippen LogP contribution in [-0.2, 0) is 6.42 Å². The van der Waals surface area contributed by atoms with Crippen LogP contribution >= 0.6 is 11.6 Å². The highest BCUT2D eigenvalue weighted by atomic mass is 35.5. The van der Waals surface area contributed by atoms with Gasteiger partial charge in [-0.2, -0.15) is 0 Å². The highest BCUT2D eigenvalue weighted by molar-refractivity contribution is 6.30. The molecule has 0 heterocycles. The average Bonchev–Trinajstić information content (AvgIpc) is 2.48. The van der Waals surface area contributed by atoms with Crippen molar-refractivity contribution in [1.29, 1.82) is 0 Å². The lowest BCUT2D eigenvalue weighted by molar-refractivity contribution is 0.414. The molecule has 0 amide bonds. The number of benzene rings is 2. The summed E-state index contributed by atoms with van der Waals surface area (Å²) in [5, 5.41) is 0.113. The molecule has 20 heavy (non-hydrogen) atoms. The first kappa shape index (κ1) is 14.8. The highest BCUT2D eigenvalue weighted by Gasteiger charge is 2.09. The van der Waals surface area contributed by atoms with Gasteiger partial charge in [0, 0.05) is 6.04 Å². The van der Waals surface area contributed by atoms with E-state index in [4.69, 9.17) is 22.1 Å². The molecule has 0 aliphatic carbocycles. The summed E-state index contributed by atoms with van der Waals surface area (Å²) in [4.78, 5) is 0. The van der Waals surface area contributed by atoms with E-state index in [1.54, 1.807) is 19.2 Å². The standard InChI is InChI=1S/C16H17ClFNO/c1-20-13-6-2-11(3-7-13)4-9-16(19)12-5-8-15(18)14(17)10-12/h2-3,5-8,10,16H,4,9,19H2,1H3. The van der Waals surface area contributed by atoms with Gasteiger partial charge >= 0.3 is 0 Å². The Morgan fingerprint density at radius 2 is 1.90 bits per heavy atom. The van der Waals surface area contributed by atoms with Crippen LogP contribution in [0.3, 0.4) is 0 Å². The predicted molar refractivity (Wildman–Crippen MR) is 79.7 cm³/mol. The molecule has 0 bridgehead atoms. The number of methoxy groups -OCH3 is 1. The summed E-state index contributed by atoms with van der Waals surface area (Å²) >= 11 is 5.76. The fraction of sp³-hybridized carbons (Fsp3) is 0.250. The molecule has 0 fully saturated rings. The number of hydrogen-bond donors (Lipinski definition) is 1. The van der Waals surface area contributed by atoms with Crippen molar-refractivity contribution in [2.45, 2.75) is 18.9 Å². The number of hydrogen-bond acceptors (Lipinski definition) is 2. The monoisotopic (exact) mass is 293 g/mol. The van der Waals surface area contributed by atoms with Crippen LogP contribution in [-0.4, -0.2) is 7.11 Å². The van der Waals surface area contributed by atoms with E-state index < -0.39 is 5.82 Å². The zero-order chi connectivity index (χ0) is 14.5. The van der Waals surface area contributed by atoms with Gasteiger partial charge in [0.1, 0.15) is 11.6 Å². The van der Waals surface area contributed by atoms with E-state index in [0.717, 1.165) is 24.2 Å². The third-order valence-electron chi connectivity index (χ3n) is 3.27.